The Labute approximate surface area is 82.0 Å². The molecule has 1 atom stereocenters. The molecular formula is C10H11NOS. The molecule has 1 heterocycles. The highest BCUT2D eigenvalue weighted by molar-refractivity contribution is 7.10. The highest BCUT2D eigenvalue weighted by Crippen LogP contribution is 2.12. The molecule has 1 unspecified atom stereocenters. The molecule has 0 fully saturated rings. The molecule has 0 aliphatic rings. The summed E-state index contributed by atoms with van der Waals surface area (Å²) in [6.45, 7) is 3.74. The van der Waals surface area contributed by atoms with Crippen molar-refractivity contribution in [3.8, 4) is 12.3 Å². The molecule has 2 nitrogen and oxygen atoms in total. The van der Waals surface area contributed by atoms with Crippen LogP contribution in [0.4, 0.5) is 0 Å². The number of hydrogen-bond donors (Lipinski definition) is 1. The van der Waals surface area contributed by atoms with E-state index in [0.717, 1.165) is 4.88 Å². The van der Waals surface area contributed by atoms with Gasteiger partial charge in [0.15, 0.2) is 0 Å². The van der Waals surface area contributed by atoms with Crippen LogP contribution >= 0.6 is 11.3 Å². The maximum atomic E-state index is 11.4. The Balaban J connectivity index is 2.65. The van der Waals surface area contributed by atoms with Crippen LogP contribution in [0.3, 0.4) is 0 Å². The zero-order chi connectivity index (χ0) is 9.84. The summed E-state index contributed by atoms with van der Waals surface area (Å²) < 4.78 is 0. The molecule has 13 heavy (non-hydrogen) atoms. The number of terminal acetylenes is 1. The van der Waals surface area contributed by atoms with Crippen LogP contribution in [-0.2, 0) is 0 Å². The summed E-state index contributed by atoms with van der Waals surface area (Å²) in [7, 11) is 0. The van der Waals surface area contributed by atoms with Crippen LogP contribution in [0.5, 0.6) is 0 Å². The van der Waals surface area contributed by atoms with E-state index in [9.17, 15) is 4.79 Å². The maximum Gasteiger partial charge on any atom is 0.253 e. The predicted octanol–water partition coefficient (Wildman–Crippen LogP) is 1.81. The van der Waals surface area contributed by atoms with E-state index in [0.29, 0.717) is 5.56 Å². The molecular weight excluding hydrogens is 182 g/mol. The van der Waals surface area contributed by atoms with Crippen LogP contribution in [0.25, 0.3) is 0 Å². The Morgan fingerprint density at radius 2 is 2.46 bits per heavy atom. The number of hydrogen-bond acceptors (Lipinski definition) is 2. The van der Waals surface area contributed by atoms with Crippen LogP contribution in [0.1, 0.15) is 22.2 Å². The van der Waals surface area contributed by atoms with E-state index in [2.05, 4.69) is 11.2 Å². The molecule has 3 heteroatoms. The van der Waals surface area contributed by atoms with Gasteiger partial charge in [-0.1, -0.05) is 5.92 Å². The smallest absolute Gasteiger partial charge is 0.253 e. The first-order valence-electron chi connectivity index (χ1n) is 3.95. The van der Waals surface area contributed by atoms with Crippen molar-refractivity contribution in [3.63, 3.8) is 0 Å². The molecule has 68 valence electrons. The zero-order valence-electron chi connectivity index (χ0n) is 7.63. The molecule has 1 aromatic heterocycles. The predicted molar refractivity (Wildman–Crippen MR) is 54.8 cm³/mol. The maximum absolute atomic E-state index is 11.4. The fourth-order valence-electron chi connectivity index (χ4n) is 0.884. The van der Waals surface area contributed by atoms with Gasteiger partial charge < -0.3 is 5.32 Å². The topological polar surface area (TPSA) is 29.1 Å². The van der Waals surface area contributed by atoms with Gasteiger partial charge in [-0.3, -0.25) is 4.79 Å². The lowest BCUT2D eigenvalue weighted by atomic mass is 10.2. The average Bonchev–Trinajstić information content (AvgIpc) is 2.51. The van der Waals surface area contributed by atoms with Crippen molar-refractivity contribution < 1.29 is 4.79 Å². The van der Waals surface area contributed by atoms with Gasteiger partial charge >= 0.3 is 0 Å². The number of carbonyl (C=O) groups is 1. The molecule has 0 aliphatic heterocycles. The summed E-state index contributed by atoms with van der Waals surface area (Å²) in [6.07, 6.45) is 5.14. The van der Waals surface area contributed by atoms with Crippen molar-refractivity contribution in [1.29, 1.82) is 0 Å². The number of thiophene rings is 1. The van der Waals surface area contributed by atoms with E-state index in [4.69, 9.17) is 6.42 Å². The fraction of sp³-hybridized carbons (Fsp3) is 0.300. The third-order valence-corrected chi connectivity index (χ3v) is 2.45. The van der Waals surface area contributed by atoms with Gasteiger partial charge in [0.2, 0.25) is 0 Å². The number of aryl methyl sites for hydroxylation is 1. The molecule has 1 rings (SSSR count). The first kappa shape index (κ1) is 9.82. The van der Waals surface area contributed by atoms with Crippen molar-refractivity contribution in [3.05, 3.63) is 21.9 Å². The van der Waals surface area contributed by atoms with Crippen molar-refractivity contribution in [2.45, 2.75) is 19.9 Å². The Hall–Kier alpha value is -1.27. The van der Waals surface area contributed by atoms with Gasteiger partial charge in [-0.2, -0.15) is 0 Å². The van der Waals surface area contributed by atoms with Crippen LogP contribution < -0.4 is 5.32 Å². The second kappa shape index (κ2) is 4.11. The molecule has 0 radical (unpaired) electrons. The van der Waals surface area contributed by atoms with E-state index < -0.39 is 0 Å². The number of rotatable bonds is 2. The van der Waals surface area contributed by atoms with Gasteiger partial charge in [-0.15, -0.1) is 17.8 Å². The number of amides is 1. The molecule has 0 bridgehead atoms. The van der Waals surface area contributed by atoms with Gasteiger partial charge in [-0.25, -0.2) is 0 Å². The summed E-state index contributed by atoms with van der Waals surface area (Å²) in [5.41, 5.74) is 0.685. The molecule has 0 spiro atoms. The Morgan fingerprint density at radius 3 is 2.92 bits per heavy atom. The van der Waals surface area contributed by atoms with Crippen LogP contribution in [0, 0.1) is 19.3 Å². The molecule has 0 aromatic carbocycles. The SMILES string of the molecule is C#CC(C)NC(=O)c1csc(C)c1. The quantitative estimate of drug-likeness (QED) is 0.713. The van der Waals surface area contributed by atoms with Gasteiger partial charge in [-0.05, 0) is 19.9 Å². The second-order valence-electron chi connectivity index (χ2n) is 2.81. The highest BCUT2D eigenvalue weighted by atomic mass is 32.1. The standard InChI is InChI=1S/C10H11NOS/c1-4-7(2)11-10(12)9-5-8(3)13-6-9/h1,5-7H,2-3H3,(H,11,12). The summed E-state index contributed by atoms with van der Waals surface area (Å²) in [5.74, 6) is 2.34. The highest BCUT2D eigenvalue weighted by Gasteiger charge is 2.08. The van der Waals surface area contributed by atoms with Crippen LogP contribution in [-0.4, -0.2) is 11.9 Å². The molecule has 1 amide bonds. The summed E-state index contributed by atoms with van der Waals surface area (Å²) in [6, 6.07) is 1.64. The van der Waals surface area contributed by atoms with E-state index in [1.807, 2.05) is 18.4 Å². The van der Waals surface area contributed by atoms with Gasteiger partial charge in [0.25, 0.3) is 5.91 Å². The lowest BCUT2D eigenvalue weighted by Crippen LogP contribution is -2.30. The van der Waals surface area contributed by atoms with E-state index in [1.54, 1.807) is 18.3 Å². The number of nitrogens with one attached hydrogen (secondary N) is 1. The summed E-state index contributed by atoms with van der Waals surface area (Å²) >= 11 is 1.55. The van der Waals surface area contributed by atoms with Gasteiger partial charge in [0.05, 0.1) is 11.6 Å². The Kier molecular flexibility index (Phi) is 3.10. The summed E-state index contributed by atoms with van der Waals surface area (Å²) in [4.78, 5) is 12.6. The number of carbonyl (C=O) groups excluding carboxylic acids is 1. The van der Waals surface area contributed by atoms with Crippen molar-refractivity contribution in [2.24, 2.45) is 0 Å². The third kappa shape index (κ3) is 2.60. The molecule has 1 aromatic rings. The lowest BCUT2D eigenvalue weighted by molar-refractivity contribution is 0.0948. The fourth-order valence-corrected chi connectivity index (χ4v) is 1.57. The Morgan fingerprint density at radius 1 is 1.77 bits per heavy atom. The second-order valence-corrected chi connectivity index (χ2v) is 3.92. The minimum Gasteiger partial charge on any atom is -0.339 e. The van der Waals surface area contributed by atoms with E-state index in [-0.39, 0.29) is 11.9 Å². The molecule has 0 saturated carbocycles. The van der Waals surface area contributed by atoms with Gasteiger partial charge in [0, 0.05) is 10.3 Å². The molecule has 1 N–H and O–H groups in total. The zero-order valence-corrected chi connectivity index (χ0v) is 8.44. The normalized spacial score (nSPS) is 11.8. The van der Waals surface area contributed by atoms with Gasteiger partial charge in [0.1, 0.15) is 0 Å². The van der Waals surface area contributed by atoms with Crippen molar-refractivity contribution >= 4 is 17.2 Å². The third-order valence-electron chi connectivity index (χ3n) is 1.59. The molecule has 0 aliphatic carbocycles. The summed E-state index contributed by atoms with van der Waals surface area (Å²) in [5, 5.41) is 4.52. The molecule has 0 saturated heterocycles. The minimum atomic E-state index is -0.215. The van der Waals surface area contributed by atoms with E-state index >= 15 is 0 Å². The largest absolute Gasteiger partial charge is 0.339 e. The lowest BCUT2D eigenvalue weighted by Gasteiger charge is -2.05. The van der Waals surface area contributed by atoms with Crippen LogP contribution in [0.2, 0.25) is 0 Å². The average molecular weight is 193 g/mol. The van der Waals surface area contributed by atoms with E-state index in [1.165, 1.54) is 0 Å². The van der Waals surface area contributed by atoms with Crippen molar-refractivity contribution in [1.82, 2.24) is 5.32 Å². The van der Waals surface area contributed by atoms with Crippen LogP contribution in [0.15, 0.2) is 11.4 Å². The first-order valence-corrected chi connectivity index (χ1v) is 4.83. The monoisotopic (exact) mass is 193 g/mol. The Bertz CT molecular complexity index is 348. The first-order chi connectivity index (χ1) is 6.13. The minimum absolute atomic E-state index is 0.102. The van der Waals surface area contributed by atoms with Crippen molar-refractivity contribution in [2.75, 3.05) is 0 Å².